The second-order valence-electron chi connectivity index (χ2n) is 5.99. The summed E-state index contributed by atoms with van der Waals surface area (Å²) in [5.74, 6) is -0.0170. The molecular formula is C17H18F3N3O3. The molecule has 2 aromatic rings. The van der Waals surface area contributed by atoms with Crippen LogP contribution in [0.15, 0.2) is 34.9 Å². The van der Waals surface area contributed by atoms with E-state index in [1.165, 1.54) is 30.5 Å². The maximum Gasteiger partial charge on any atom is 0.573 e. The largest absolute Gasteiger partial charge is 0.573 e. The predicted octanol–water partition coefficient (Wildman–Crippen LogP) is 2.97. The monoisotopic (exact) mass is 369 g/mol. The number of nitrogens with zero attached hydrogens (tertiary/aromatic N) is 1. The van der Waals surface area contributed by atoms with E-state index in [9.17, 15) is 18.0 Å². The Morgan fingerprint density at radius 3 is 2.77 bits per heavy atom. The zero-order chi connectivity index (χ0) is 18.6. The van der Waals surface area contributed by atoms with Gasteiger partial charge in [-0.3, -0.25) is 4.79 Å². The molecule has 1 fully saturated rings. The van der Waals surface area contributed by atoms with Crippen molar-refractivity contribution in [3.05, 3.63) is 47.7 Å². The molecule has 0 saturated carbocycles. The number of oxazole rings is 1. The molecule has 0 bridgehead atoms. The van der Waals surface area contributed by atoms with Crippen molar-refractivity contribution in [3.8, 4) is 5.75 Å². The van der Waals surface area contributed by atoms with Gasteiger partial charge in [0.1, 0.15) is 12.0 Å². The second kappa shape index (κ2) is 7.77. The third kappa shape index (κ3) is 4.98. The van der Waals surface area contributed by atoms with Gasteiger partial charge in [0.15, 0.2) is 11.6 Å². The van der Waals surface area contributed by atoms with Gasteiger partial charge in [-0.2, -0.15) is 0 Å². The maximum atomic E-state index is 12.1. The molecule has 1 aromatic carbocycles. The van der Waals surface area contributed by atoms with Crippen LogP contribution in [0.2, 0.25) is 0 Å². The number of hydrogen-bond donors (Lipinski definition) is 2. The van der Waals surface area contributed by atoms with Gasteiger partial charge in [-0.1, -0.05) is 12.1 Å². The van der Waals surface area contributed by atoms with E-state index in [1.807, 2.05) is 0 Å². The number of carbonyl (C=O) groups is 1. The number of rotatable bonds is 5. The van der Waals surface area contributed by atoms with Crippen molar-refractivity contribution < 1.29 is 27.1 Å². The van der Waals surface area contributed by atoms with Crippen molar-refractivity contribution >= 4 is 5.91 Å². The smallest absolute Gasteiger partial charge is 0.448 e. The average molecular weight is 369 g/mol. The van der Waals surface area contributed by atoms with E-state index in [-0.39, 0.29) is 23.9 Å². The lowest BCUT2D eigenvalue weighted by Crippen LogP contribution is -2.28. The molecule has 3 rings (SSSR count). The number of amides is 1. The zero-order valence-corrected chi connectivity index (χ0v) is 13.8. The predicted molar refractivity (Wildman–Crippen MR) is 85.6 cm³/mol. The van der Waals surface area contributed by atoms with Gasteiger partial charge in [0.05, 0.1) is 0 Å². The molecule has 1 aromatic heterocycles. The maximum absolute atomic E-state index is 12.1. The van der Waals surface area contributed by atoms with Crippen LogP contribution < -0.4 is 15.4 Å². The molecular weight excluding hydrogens is 351 g/mol. The fourth-order valence-corrected chi connectivity index (χ4v) is 2.72. The first kappa shape index (κ1) is 18.2. The molecule has 9 heteroatoms. The minimum Gasteiger partial charge on any atom is -0.448 e. The number of hydrogen-bond acceptors (Lipinski definition) is 5. The summed E-state index contributed by atoms with van der Waals surface area (Å²) in [7, 11) is 0. The quantitative estimate of drug-likeness (QED) is 0.847. The molecule has 1 aliphatic rings. The van der Waals surface area contributed by atoms with Crippen LogP contribution in [-0.4, -0.2) is 30.3 Å². The number of piperidine rings is 1. The van der Waals surface area contributed by atoms with Gasteiger partial charge in [-0.05, 0) is 37.1 Å². The standard InChI is InChI=1S/C17H18F3N3O3/c18-17(19,20)26-13-5-3-11(4-6-13)8-22-15(24)14-10-25-16(23-14)12-2-1-7-21-9-12/h3-6,10,12,21H,1-2,7-9H2,(H,22,24). The summed E-state index contributed by atoms with van der Waals surface area (Å²) in [5, 5.41) is 5.91. The van der Waals surface area contributed by atoms with Crippen LogP contribution in [0, 0.1) is 0 Å². The van der Waals surface area contributed by atoms with Crippen LogP contribution >= 0.6 is 0 Å². The molecule has 1 unspecified atom stereocenters. The number of aromatic nitrogens is 1. The number of carbonyl (C=O) groups excluding carboxylic acids is 1. The fourth-order valence-electron chi connectivity index (χ4n) is 2.72. The van der Waals surface area contributed by atoms with Crippen molar-refractivity contribution in [3.63, 3.8) is 0 Å². The van der Waals surface area contributed by atoms with Crippen molar-refractivity contribution in [2.24, 2.45) is 0 Å². The molecule has 1 atom stereocenters. The van der Waals surface area contributed by atoms with Gasteiger partial charge in [0.2, 0.25) is 0 Å². The number of nitrogens with one attached hydrogen (secondary N) is 2. The first-order chi connectivity index (χ1) is 12.4. The third-order valence-corrected chi connectivity index (χ3v) is 4.01. The molecule has 1 saturated heterocycles. The molecule has 140 valence electrons. The number of halogens is 3. The Bertz CT molecular complexity index is 738. The first-order valence-corrected chi connectivity index (χ1v) is 8.20. The molecule has 0 spiro atoms. The molecule has 1 aliphatic heterocycles. The van der Waals surface area contributed by atoms with Crippen molar-refractivity contribution in [2.75, 3.05) is 13.1 Å². The highest BCUT2D eigenvalue weighted by molar-refractivity contribution is 5.91. The van der Waals surface area contributed by atoms with E-state index in [2.05, 4.69) is 20.4 Å². The van der Waals surface area contributed by atoms with Crippen LogP contribution in [-0.2, 0) is 6.54 Å². The fraction of sp³-hybridized carbons (Fsp3) is 0.412. The Labute approximate surface area is 147 Å². The minimum absolute atomic E-state index is 0.151. The summed E-state index contributed by atoms with van der Waals surface area (Å²) in [5.41, 5.74) is 0.815. The first-order valence-electron chi connectivity index (χ1n) is 8.20. The average Bonchev–Trinajstić information content (AvgIpc) is 3.10. The lowest BCUT2D eigenvalue weighted by atomic mass is 10.00. The third-order valence-electron chi connectivity index (χ3n) is 4.01. The Morgan fingerprint density at radius 2 is 2.12 bits per heavy atom. The summed E-state index contributed by atoms with van der Waals surface area (Å²) >= 11 is 0. The van der Waals surface area contributed by atoms with Crippen molar-refractivity contribution in [2.45, 2.75) is 31.7 Å². The van der Waals surface area contributed by atoms with Gasteiger partial charge >= 0.3 is 6.36 Å². The zero-order valence-electron chi connectivity index (χ0n) is 13.8. The lowest BCUT2D eigenvalue weighted by Gasteiger charge is -2.19. The van der Waals surface area contributed by atoms with E-state index < -0.39 is 12.3 Å². The van der Waals surface area contributed by atoms with E-state index in [4.69, 9.17) is 4.42 Å². The number of alkyl halides is 3. The van der Waals surface area contributed by atoms with Crippen LogP contribution in [0.3, 0.4) is 0 Å². The summed E-state index contributed by atoms with van der Waals surface area (Å²) < 4.78 is 45.6. The van der Waals surface area contributed by atoms with E-state index in [1.54, 1.807) is 0 Å². The second-order valence-corrected chi connectivity index (χ2v) is 5.99. The Hall–Kier alpha value is -2.55. The van der Waals surface area contributed by atoms with Crippen molar-refractivity contribution in [1.82, 2.24) is 15.6 Å². The Kier molecular flexibility index (Phi) is 5.46. The van der Waals surface area contributed by atoms with Crippen LogP contribution in [0.5, 0.6) is 5.75 Å². The normalized spacial score (nSPS) is 17.7. The molecule has 26 heavy (non-hydrogen) atoms. The molecule has 2 N–H and O–H groups in total. The Balaban J connectivity index is 1.53. The van der Waals surface area contributed by atoms with E-state index in [0.717, 1.165) is 25.9 Å². The molecule has 2 heterocycles. The van der Waals surface area contributed by atoms with Crippen LogP contribution in [0.25, 0.3) is 0 Å². The molecule has 0 radical (unpaired) electrons. The van der Waals surface area contributed by atoms with Gasteiger partial charge in [-0.25, -0.2) is 4.98 Å². The van der Waals surface area contributed by atoms with E-state index >= 15 is 0 Å². The summed E-state index contributed by atoms with van der Waals surface area (Å²) in [4.78, 5) is 16.4. The highest BCUT2D eigenvalue weighted by atomic mass is 19.4. The molecule has 1 amide bonds. The van der Waals surface area contributed by atoms with Gasteiger partial charge in [-0.15, -0.1) is 13.2 Å². The van der Waals surface area contributed by atoms with Gasteiger partial charge in [0, 0.05) is 19.0 Å². The van der Waals surface area contributed by atoms with E-state index in [0.29, 0.717) is 11.5 Å². The number of benzene rings is 1. The topological polar surface area (TPSA) is 76.4 Å². The highest BCUT2D eigenvalue weighted by Gasteiger charge is 2.31. The summed E-state index contributed by atoms with van der Waals surface area (Å²) in [6, 6.07) is 5.28. The molecule has 6 nitrogen and oxygen atoms in total. The van der Waals surface area contributed by atoms with Gasteiger partial charge < -0.3 is 19.8 Å². The van der Waals surface area contributed by atoms with Crippen LogP contribution in [0.1, 0.15) is 40.7 Å². The summed E-state index contributed by atoms with van der Waals surface area (Å²) in [6.07, 6.45) is -1.42. The number of ether oxygens (including phenoxy) is 1. The van der Waals surface area contributed by atoms with Crippen molar-refractivity contribution in [1.29, 1.82) is 0 Å². The van der Waals surface area contributed by atoms with Gasteiger partial charge in [0.25, 0.3) is 5.91 Å². The van der Waals surface area contributed by atoms with Crippen LogP contribution in [0.4, 0.5) is 13.2 Å². The Morgan fingerprint density at radius 1 is 1.35 bits per heavy atom. The SMILES string of the molecule is O=C(NCc1ccc(OC(F)(F)F)cc1)c1coc(C2CCCNC2)n1. The summed E-state index contributed by atoms with van der Waals surface area (Å²) in [6.45, 7) is 1.89. The lowest BCUT2D eigenvalue weighted by molar-refractivity contribution is -0.274. The molecule has 0 aliphatic carbocycles. The highest BCUT2D eigenvalue weighted by Crippen LogP contribution is 2.23. The minimum atomic E-state index is -4.73.